The van der Waals surface area contributed by atoms with Crippen LogP contribution >= 0.6 is 24.0 Å². The molecule has 0 saturated carbocycles. The molecule has 1 amide bonds. The second kappa shape index (κ2) is 12.8. The van der Waals surface area contributed by atoms with E-state index in [1.54, 1.807) is 6.07 Å². The van der Waals surface area contributed by atoms with Gasteiger partial charge in [0.1, 0.15) is 5.82 Å². The van der Waals surface area contributed by atoms with E-state index >= 15 is 0 Å². The molecule has 0 radical (unpaired) electrons. The van der Waals surface area contributed by atoms with Gasteiger partial charge in [-0.2, -0.15) is 0 Å². The summed E-state index contributed by atoms with van der Waals surface area (Å²) in [7, 11) is 0. The van der Waals surface area contributed by atoms with E-state index in [1.165, 1.54) is 6.07 Å². The lowest BCUT2D eigenvalue weighted by Gasteiger charge is -2.37. The zero-order valence-electron chi connectivity index (χ0n) is 17.2. The Morgan fingerprint density at radius 2 is 1.79 bits per heavy atom. The van der Waals surface area contributed by atoms with Crippen molar-refractivity contribution in [3.8, 4) is 0 Å². The van der Waals surface area contributed by atoms with Gasteiger partial charge in [-0.05, 0) is 32.9 Å². The Morgan fingerprint density at radius 3 is 2.36 bits per heavy atom. The van der Waals surface area contributed by atoms with Crippen LogP contribution in [0.4, 0.5) is 10.1 Å². The number of hydrogen-bond acceptors (Lipinski definition) is 3. The van der Waals surface area contributed by atoms with E-state index < -0.39 is 0 Å². The number of piperazine rings is 1. The van der Waals surface area contributed by atoms with Crippen LogP contribution in [0.1, 0.15) is 27.2 Å². The van der Waals surface area contributed by atoms with Gasteiger partial charge in [-0.25, -0.2) is 4.39 Å². The van der Waals surface area contributed by atoms with Crippen LogP contribution in [0, 0.1) is 5.82 Å². The first-order valence-electron chi connectivity index (χ1n) is 9.91. The maximum absolute atomic E-state index is 14.0. The van der Waals surface area contributed by atoms with Crippen molar-refractivity contribution in [1.29, 1.82) is 0 Å². The average Bonchev–Trinajstić information content (AvgIpc) is 2.69. The molecule has 0 aromatic heterocycles. The molecule has 1 fully saturated rings. The Balaban J connectivity index is 0.00000392. The Morgan fingerprint density at radius 1 is 1.14 bits per heavy atom. The summed E-state index contributed by atoms with van der Waals surface area (Å²) in [5, 5.41) is 3.31. The predicted octanol–water partition coefficient (Wildman–Crippen LogP) is 2.79. The lowest BCUT2D eigenvalue weighted by atomic mass is 10.2. The number of aliphatic imine (C=N–C) groups is 1. The molecule has 158 valence electrons. The summed E-state index contributed by atoms with van der Waals surface area (Å²) in [5.74, 6) is 0.795. The molecule has 28 heavy (non-hydrogen) atoms. The van der Waals surface area contributed by atoms with Crippen LogP contribution in [0.15, 0.2) is 29.3 Å². The highest BCUT2D eigenvalue weighted by molar-refractivity contribution is 14.0. The molecule has 0 atom stereocenters. The van der Waals surface area contributed by atoms with Gasteiger partial charge in [0.25, 0.3) is 0 Å². The fourth-order valence-corrected chi connectivity index (χ4v) is 3.29. The average molecular weight is 505 g/mol. The molecule has 1 aliphatic rings. The summed E-state index contributed by atoms with van der Waals surface area (Å²) < 4.78 is 14.0. The van der Waals surface area contributed by atoms with Crippen molar-refractivity contribution in [3.05, 3.63) is 30.1 Å². The van der Waals surface area contributed by atoms with Gasteiger partial charge < -0.3 is 20.0 Å². The fraction of sp³-hybridized carbons (Fsp3) is 0.600. The van der Waals surface area contributed by atoms with E-state index in [2.05, 4.69) is 20.1 Å². The first kappa shape index (κ1) is 24.5. The number of nitrogens with one attached hydrogen (secondary N) is 1. The molecular formula is C20H33FIN5O. The van der Waals surface area contributed by atoms with Crippen LogP contribution in [0.25, 0.3) is 0 Å². The predicted molar refractivity (Wildman–Crippen MR) is 124 cm³/mol. The van der Waals surface area contributed by atoms with Crippen LogP contribution in [0.3, 0.4) is 0 Å². The van der Waals surface area contributed by atoms with Gasteiger partial charge in [0.15, 0.2) is 5.96 Å². The quantitative estimate of drug-likeness (QED) is 0.352. The largest absolute Gasteiger partial charge is 0.366 e. The summed E-state index contributed by atoms with van der Waals surface area (Å²) in [6, 6.07) is 6.90. The summed E-state index contributed by atoms with van der Waals surface area (Å²) >= 11 is 0. The molecule has 0 spiro atoms. The van der Waals surface area contributed by atoms with Crippen LogP contribution in [-0.4, -0.2) is 74.0 Å². The van der Waals surface area contributed by atoms with Gasteiger partial charge in [0.2, 0.25) is 5.91 Å². The van der Waals surface area contributed by atoms with Crippen molar-refractivity contribution in [2.45, 2.75) is 27.2 Å². The maximum Gasteiger partial charge on any atom is 0.224 e. The number of nitrogens with zero attached hydrogens (tertiary/aromatic N) is 4. The molecule has 2 rings (SSSR count). The molecule has 1 heterocycles. The van der Waals surface area contributed by atoms with Crippen LogP contribution in [0.2, 0.25) is 0 Å². The Labute approximate surface area is 185 Å². The zero-order chi connectivity index (χ0) is 19.6. The number of rotatable bonds is 7. The lowest BCUT2D eigenvalue weighted by molar-refractivity contribution is -0.130. The third-order valence-electron chi connectivity index (χ3n) is 4.81. The Hall–Kier alpha value is -1.58. The molecule has 1 aliphatic heterocycles. The summed E-state index contributed by atoms with van der Waals surface area (Å²) in [4.78, 5) is 22.8. The number of amides is 1. The Kier molecular flexibility index (Phi) is 11.2. The summed E-state index contributed by atoms with van der Waals surface area (Å²) in [6.07, 6.45) is 0.422. The first-order chi connectivity index (χ1) is 13.1. The van der Waals surface area contributed by atoms with Gasteiger partial charge in [-0.3, -0.25) is 9.79 Å². The number of halogens is 2. The maximum atomic E-state index is 14.0. The van der Waals surface area contributed by atoms with E-state index in [4.69, 9.17) is 0 Å². The molecule has 0 bridgehead atoms. The van der Waals surface area contributed by atoms with Gasteiger partial charge in [0, 0.05) is 52.2 Å². The van der Waals surface area contributed by atoms with Crippen molar-refractivity contribution < 1.29 is 9.18 Å². The standard InChI is InChI=1S/C20H32FN5O.HI/c1-4-22-20(23-12-11-19(27)24(5-2)6-3)26-15-13-25(14-16-26)18-10-8-7-9-17(18)21;/h7-10H,4-6,11-16H2,1-3H3,(H,22,23);1H. The van der Waals surface area contributed by atoms with Crippen molar-refractivity contribution in [3.63, 3.8) is 0 Å². The van der Waals surface area contributed by atoms with Crippen LogP contribution in [-0.2, 0) is 4.79 Å². The minimum Gasteiger partial charge on any atom is -0.366 e. The second-order valence-electron chi connectivity index (χ2n) is 6.48. The molecule has 0 unspecified atom stereocenters. The molecule has 1 aromatic rings. The highest BCUT2D eigenvalue weighted by Gasteiger charge is 2.21. The minimum absolute atomic E-state index is 0. The molecule has 0 aliphatic carbocycles. The highest BCUT2D eigenvalue weighted by Crippen LogP contribution is 2.20. The van der Waals surface area contributed by atoms with Crippen molar-refractivity contribution >= 4 is 41.5 Å². The SMILES string of the molecule is CCNC(=NCCC(=O)N(CC)CC)N1CCN(c2ccccc2F)CC1.I. The topological polar surface area (TPSA) is 51.2 Å². The van der Waals surface area contributed by atoms with Gasteiger partial charge in [-0.1, -0.05) is 12.1 Å². The zero-order valence-corrected chi connectivity index (χ0v) is 19.5. The fourth-order valence-electron chi connectivity index (χ4n) is 3.29. The van der Waals surface area contributed by atoms with Gasteiger partial charge >= 0.3 is 0 Å². The van der Waals surface area contributed by atoms with Crippen molar-refractivity contribution in [1.82, 2.24) is 15.1 Å². The van der Waals surface area contributed by atoms with Crippen LogP contribution in [0.5, 0.6) is 0 Å². The van der Waals surface area contributed by atoms with E-state index in [0.717, 1.165) is 51.8 Å². The van der Waals surface area contributed by atoms with E-state index in [9.17, 15) is 9.18 Å². The second-order valence-corrected chi connectivity index (χ2v) is 6.48. The van der Waals surface area contributed by atoms with Crippen molar-refractivity contribution in [2.75, 3.05) is 57.3 Å². The van der Waals surface area contributed by atoms with E-state index in [1.807, 2.05) is 37.8 Å². The number of anilines is 1. The number of para-hydroxylation sites is 1. The molecular weight excluding hydrogens is 472 g/mol. The van der Waals surface area contributed by atoms with Gasteiger partial charge in [-0.15, -0.1) is 24.0 Å². The van der Waals surface area contributed by atoms with Crippen LogP contribution < -0.4 is 10.2 Å². The normalized spacial score (nSPS) is 14.5. The Bertz CT molecular complexity index is 631. The monoisotopic (exact) mass is 505 g/mol. The molecule has 1 aromatic carbocycles. The third-order valence-corrected chi connectivity index (χ3v) is 4.81. The number of hydrogen-bond donors (Lipinski definition) is 1. The highest BCUT2D eigenvalue weighted by atomic mass is 127. The van der Waals surface area contributed by atoms with Gasteiger partial charge in [0.05, 0.1) is 12.2 Å². The van der Waals surface area contributed by atoms with E-state index in [0.29, 0.717) is 18.7 Å². The number of carbonyl (C=O) groups excluding carboxylic acids is 1. The first-order valence-corrected chi connectivity index (χ1v) is 9.91. The summed E-state index contributed by atoms with van der Waals surface area (Å²) in [6.45, 7) is 11.7. The minimum atomic E-state index is -0.179. The number of benzene rings is 1. The third kappa shape index (κ3) is 6.79. The van der Waals surface area contributed by atoms with Crippen molar-refractivity contribution in [2.24, 2.45) is 4.99 Å². The lowest BCUT2D eigenvalue weighted by Crippen LogP contribution is -2.52. The summed E-state index contributed by atoms with van der Waals surface area (Å²) in [5.41, 5.74) is 0.656. The van der Waals surface area contributed by atoms with E-state index in [-0.39, 0.29) is 35.7 Å². The smallest absolute Gasteiger partial charge is 0.224 e. The number of carbonyl (C=O) groups is 1. The number of guanidine groups is 1. The molecule has 1 saturated heterocycles. The molecule has 8 heteroatoms. The molecule has 1 N–H and O–H groups in total. The molecule has 6 nitrogen and oxygen atoms in total.